The summed E-state index contributed by atoms with van der Waals surface area (Å²) in [5, 5.41) is 12.3. The molecule has 0 radical (unpaired) electrons. The van der Waals surface area contributed by atoms with Gasteiger partial charge in [-0.3, -0.25) is 4.79 Å². The maximum absolute atomic E-state index is 13.4. The average molecular weight is 260 g/mol. The molecule has 0 aliphatic rings. The maximum Gasteiger partial charge on any atom is 0.260 e. The number of carbonyl (C=O) groups is 1. The Morgan fingerprint density at radius 1 is 1.32 bits per heavy atom. The third-order valence-corrected chi connectivity index (χ3v) is 2.88. The normalized spacial score (nSPS) is 10.3. The molecule has 5 heteroatoms. The summed E-state index contributed by atoms with van der Waals surface area (Å²) in [5.74, 6) is -1.31. The molecule has 1 amide bonds. The highest BCUT2D eigenvalue weighted by molar-refractivity contribution is 6.04. The van der Waals surface area contributed by atoms with E-state index in [1.165, 1.54) is 18.3 Å². The molecule has 2 rings (SSSR count). The van der Waals surface area contributed by atoms with Crippen molar-refractivity contribution in [1.82, 2.24) is 4.98 Å². The molecule has 0 saturated carbocycles. The Balaban J connectivity index is 2.30. The van der Waals surface area contributed by atoms with Crippen LogP contribution in [0.4, 0.5) is 10.1 Å². The quantitative estimate of drug-likeness (QED) is 0.816. The van der Waals surface area contributed by atoms with Gasteiger partial charge >= 0.3 is 0 Å². The molecule has 0 unspecified atom stereocenters. The predicted molar refractivity (Wildman–Crippen MR) is 69.7 cm³/mol. The number of pyridine rings is 1. The summed E-state index contributed by atoms with van der Waals surface area (Å²) >= 11 is 0. The van der Waals surface area contributed by atoms with E-state index in [0.29, 0.717) is 16.8 Å². The minimum atomic E-state index is -0.825. The fraction of sp³-hybridized carbons (Fsp3) is 0.143. The summed E-state index contributed by atoms with van der Waals surface area (Å²) in [7, 11) is 0. The van der Waals surface area contributed by atoms with Gasteiger partial charge < -0.3 is 10.4 Å². The summed E-state index contributed by atoms with van der Waals surface area (Å²) in [5.41, 5.74) is 1.55. The topological polar surface area (TPSA) is 62.2 Å². The second-order valence-electron chi connectivity index (χ2n) is 4.20. The van der Waals surface area contributed by atoms with Gasteiger partial charge in [0.15, 0.2) is 0 Å². The molecule has 0 fully saturated rings. The van der Waals surface area contributed by atoms with Crippen LogP contribution in [0, 0.1) is 19.8 Å². The Bertz CT molecular complexity index is 641. The lowest BCUT2D eigenvalue weighted by molar-refractivity contribution is 0.102. The first-order valence-corrected chi connectivity index (χ1v) is 5.71. The molecular weight excluding hydrogens is 247 g/mol. The number of aryl methyl sites for hydroxylation is 1. The Kier molecular flexibility index (Phi) is 3.46. The molecule has 4 nitrogen and oxygen atoms in total. The Labute approximate surface area is 109 Å². The van der Waals surface area contributed by atoms with Crippen LogP contribution in [0.5, 0.6) is 5.75 Å². The number of hydrogen-bond donors (Lipinski definition) is 2. The largest absolute Gasteiger partial charge is 0.507 e. The van der Waals surface area contributed by atoms with E-state index < -0.39 is 11.9 Å². The highest BCUT2D eigenvalue weighted by Crippen LogP contribution is 2.28. The third-order valence-electron chi connectivity index (χ3n) is 2.88. The van der Waals surface area contributed by atoms with E-state index >= 15 is 0 Å². The van der Waals surface area contributed by atoms with Gasteiger partial charge in [-0.15, -0.1) is 0 Å². The van der Waals surface area contributed by atoms with Crippen LogP contribution in [-0.2, 0) is 0 Å². The molecule has 98 valence electrons. The minimum absolute atomic E-state index is 0.115. The minimum Gasteiger partial charge on any atom is -0.507 e. The predicted octanol–water partition coefficient (Wildman–Crippen LogP) is 2.80. The molecule has 19 heavy (non-hydrogen) atoms. The number of aromatic hydroxyl groups is 1. The van der Waals surface area contributed by atoms with Crippen molar-refractivity contribution in [3.05, 3.63) is 53.1 Å². The van der Waals surface area contributed by atoms with Crippen molar-refractivity contribution in [2.45, 2.75) is 13.8 Å². The number of rotatable bonds is 2. The first-order chi connectivity index (χ1) is 9.00. The van der Waals surface area contributed by atoms with Crippen LogP contribution in [0.1, 0.15) is 21.5 Å². The van der Waals surface area contributed by atoms with Crippen molar-refractivity contribution in [1.29, 1.82) is 0 Å². The van der Waals surface area contributed by atoms with E-state index in [2.05, 4.69) is 10.3 Å². The lowest BCUT2D eigenvalue weighted by Crippen LogP contribution is -2.15. The molecule has 0 aliphatic carbocycles. The number of phenols is 1. The van der Waals surface area contributed by atoms with Gasteiger partial charge in [-0.2, -0.15) is 4.39 Å². The lowest BCUT2D eigenvalue weighted by atomic mass is 10.1. The van der Waals surface area contributed by atoms with Gasteiger partial charge in [0.1, 0.15) is 5.75 Å². The SMILES string of the molecule is Cc1ccc(NC(=O)c2cccnc2F)c(C)c1O. The Morgan fingerprint density at radius 2 is 2.05 bits per heavy atom. The second-order valence-corrected chi connectivity index (χ2v) is 4.20. The van der Waals surface area contributed by atoms with Crippen molar-refractivity contribution in [3.63, 3.8) is 0 Å². The lowest BCUT2D eigenvalue weighted by Gasteiger charge is -2.11. The zero-order valence-electron chi connectivity index (χ0n) is 10.6. The van der Waals surface area contributed by atoms with Crippen LogP contribution in [-0.4, -0.2) is 16.0 Å². The number of nitrogens with zero attached hydrogens (tertiary/aromatic N) is 1. The van der Waals surface area contributed by atoms with Gasteiger partial charge in [0.2, 0.25) is 5.95 Å². The highest BCUT2D eigenvalue weighted by Gasteiger charge is 2.14. The molecule has 0 saturated heterocycles. The number of nitrogens with one attached hydrogen (secondary N) is 1. The van der Waals surface area contributed by atoms with Crippen LogP contribution in [0.15, 0.2) is 30.5 Å². The van der Waals surface area contributed by atoms with Gasteiger partial charge in [0.25, 0.3) is 5.91 Å². The molecule has 2 aromatic rings. The van der Waals surface area contributed by atoms with Crippen LogP contribution >= 0.6 is 0 Å². The summed E-state index contributed by atoms with van der Waals surface area (Å²) in [6.07, 6.45) is 1.27. The van der Waals surface area contributed by atoms with Crippen molar-refractivity contribution >= 4 is 11.6 Å². The maximum atomic E-state index is 13.4. The van der Waals surface area contributed by atoms with E-state index in [0.717, 1.165) is 0 Å². The second kappa shape index (κ2) is 5.06. The van der Waals surface area contributed by atoms with Crippen LogP contribution < -0.4 is 5.32 Å². The molecule has 1 heterocycles. The van der Waals surface area contributed by atoms with Crippen molar-refractivity contribution in [3.8, 4) is 5.75 Å². The fourth-order valence-corrected chi connectivity index (χ4v) is 1.72. The summed E-state index contributed by atoms with van der Waals surface area (Å²) in [4.78, 5) is 15.3. The monoisotopic (exact) mass is 260 g/mol. The number of benzene rings is 1. The highest BCUT2D eigenvalue weighted by atomic mass is 19.1. The van der Waals surface area contributed by atoms with Crippen LogP contribution in [0.25, 0.3) is 0 Å². The number of phenolic OH excluding ortho intramolecular Hbond substituents is 1. The Morgan fingerprint density at radius 3 is 2.74 bits per heavy atom. The zero-order valence-corrected chi connectivity index (χ0v) is 10.6. The summed E-state index contributed by atoms with van der Waals surface area (Å²) in [6.45, 7) is 3.44. The number of amides is 1. The molecule has 0 bridgehead atoms. The standard InChI is InChI=1S/C14H13FN2O2/c1-8-5-6-11(9(2)12(8)18)17-14(19)10-4-3-7-16-13(10)15/h3-7,18H,1-2H3,(H,17,19). The molecule has 1 aromatic carbocycles. The van der Waals surface area contributed by atoms with E-state index in [4.69, 9.17) is 0 Å². The average Bonchev–Trinajstić information content (AvgIpc) is 2.40. The molecule has 2 N–H and O–H groups in total. The van der Waals surface area contributed by atoms with Crippen molar-refractivity contribution < 1.29 is 14.3 Å². The van der Waals surface area contributed by atoms with Gasteiger partial charge in [0.05, 0.1) is 5.56 Å². The van der Waals surface area contributed by atoms with Crippen molar-refractivity contribution in [2.75, 3.05) is 5.32 Å². The number of aromatic nitrogens is 1. The van der Waals surface area contributed by atoms with Crippen molar-refractivity contribution in [2.24, 2.45) is 0 Å². The first-order valence-electron chi connectivity index (χ1n) is 5.71. The number of halogens is 1. The molecule has 0 aliphatic heterocycles. The summed E-state index contributed by atoms with van der Waals surface area (Å²) < 4.78 is 13.4. The number of hydrogen-bond acceptors (Lipinski definition) is 3. The van der Waals surface area contributed by atoms with Gasteiger partial charge in [-0.1, -0.05) is 6.07 Å². The van der Waals surface area contributed by atoms with Gasteiger partial charge in [0, 0.05) is 17.4 Å². The van der Waals surface area contributed by atoms with Crippen LogP contribution in [0.3, 0.4) is 0 Å². The molecule has 1 aromatic heterocycles. The Hall–Kier alpha value is -2.43. The molecular formula is C14H13FN2O2. The first kappa shape index (κ1) is 13.0. The number of anilines is 1. The van der Waals surface area contributed by atoms with Crippen LogP contribution in [0.2, 0.25) is 0 Å². The zero-order chi connectivity index (χ0) is 14.0. The smallest absolute Gasteiger partial charge is 0.260 e. The van der Waals surface area contributed by atoms with E-state index in [1.54, 1.807) is 26.0 Å². The molecule has 0 spiro atoms. The van der Waals surface area contributed by atoms with Gasteiger partial charge in [-0.05, 0) is 37.6 Å². The van der Waals surface area contributed by atoms with E-state index in [1.807, 2.05) is 0 Å². The summed E-state index contributed by atoms with van der Waals surface area (Å²) in [6, 6.07) is 6.17. The van der Waals surface area contributed by atoms with Gasteiger partial charge in [-0.25, -0.2) is 4.98 Å². The van der Waals surface area contributed by atoms with E-state index in [-0.39, 0.29) is 11.3 Å². The number of carbonyl (C=O) groups excluding carboxylic acids is 1. The third kappa shape index (κ3) is 2.54. The fourth-order valence-electron chi connectivity index (χ4n) is 1.72. The molecule has 0 atom stereocenters. The van der Waals surface area contributed by atoms with E-state index in [9.17, 15) is 14.3 Å².